The maximum Gasteiger partial charge on any atom is 0.135 e. The van der Waals surface area contributed by atoms with Crippen molar-refractivity contribution in [3.05, 3.63) is 60.8 Å². The molecular formula is C16H11NO. The fourth-order valence-electron chi connectivity index (χ4n) is 2.40. The molecule has 4 aromatic rings. The Morgan fingerprint density at radius 2 is 1.67 bits per heavy atom. The van der Waals surface area contributed by atoms with E-state index in [9.17, 15) is 0 Å². The summed E-state index contributed by atoms with van der Waals surface area (Å²) in [5, 5.41) is 2.33. The molecule has 0 aliphatic heterocycles. The Morgan fingerprint density at radius 3 is 2.56 bits per heavy atom. The van der Waals surface area contributed by atoms with Crippen LogP contribution in [-0.4, -0.2) is 4.98 Å². The van der Waals surface area contributed by atoms with Crippen LogP contribution >= 0.6 is 0 Å². The normalized spacial score (nSPS) is 11.3. The van der Waals surface area contributed by atoms with Crippen molar-refractivity contribution in [3.63, 3.8) is 0 Å². The maximum absolute atomic E-state index is 5.81. The van der Waals surface area contributed by atoms with E-state index >= 15 is 0 Å². The van der Waals surface area contributed by atoms with E-state index in [1.807, 2.05) is 36.5 Å². The average Bonchev–Trinajstić information content (AvgIpc) is 3.05. The number of furan rings is 1. The molecule has 0 amide bonds. The van der Waals surface area contributed by atoms with Gasteiger partial charge in [0.05, 0.1) is 0 Å². The first-order valence-electron chi connectivity index (χ1n) is 5.97. The van der Waals surface area contributed by atoms with Crippen LogP contribution in [0.1, 0.15) is 0 Å². The zero-order valence-electron chi connectivity index (χ0n) is 9.68. The molecule has 0 atom stereocenters. The fraction of sp³-hybridized carbons (Fsp3) is 0. The number of para-hydroxylation sites is 1. The molecule has 0 spiro atoms. The predicted molar refractivity (Wildman–Crippen MR) is 73.5 cm³/mol. The van der Waals surface area contributed by atoms with Gasteiger partial charge in [-0.3, -0.25) is 0 Å². The molecule has 86 valence electrons. The molecule has 18 heavy (non-hydrogen) atoms. The van der Waals surface area contributed by atoms with Gasteiger partial charge in [0.1, 0.15) is 11.2 Å². The highest BCUT2D eigenvalue weighted by Crippen LogP contribution is 2.31. The Bertz CT molecular complexity index is 825. The third-order valence-corrected chi connectivity index (χ3v) is 3.29. The number of H-pyrrole nitrogens is 1. The Balaban J connectivity index is 2.07. The first kappa shape index (κ1) is 9.54. The largest absolute Gasteiger partial charge is 0.456 e. The number of nitrogens with one attached hydrogen (secondary N) is 1. The Morgan fingerprint density at radius 1 is 0.778 bits per heavy atom. The van der Waals surface area contributed by atoms with E-state index in [-0.39, 0.29) is 0 Å². The lowest BCUT2D eigenvalue weighted by Crippen LogP contribution is -1.76. The second-order valence-electron chi connectivity index (χ2n) is 4.39. The monoisotopic (exact) mass is 233 g/mol. The van der Waals surface area contributed by atoms with Gasteiger partial charge in [0.15, 0.2) is 0 Å². The maximum atomic E-state index is 5.81. The van der Waals surface area contributed by atoms with Crippen LogP contribution in [0.3, 0.4) is 0 Å². The highest BCUT2D eigenvalue weighted by Gasteiger charge is 2.07. The van der Waals surface area contributed by atoms with Crippen LogP contribution in [0.2, 0.25) is 0 Å². The lowest BCUT2D eigenvalue weighted by atomic mass is 10.1. The van der Waals surface area contributed by atoms with E-state index in [1.54, 1.807) is 0 Å². The van der Waals surface area contributed by atoms with Gasteiger partial charge in [0, 0.05) is 22.7 Å². The summed E-state index contributed by atoms with van der Waals surface area (Å²) < 4.78 is 5.81. The molecule has 0 fully saturated rings. The number of fused-ring (bicyclic) bond motifs is 3. The van der Waals surface area contributed by atoms with Crippen LogP contribution < -0.4 is 0 Å². The van der Waals surface area contributed by atoms with Gasteiger partial charge in [-0.05, 0) is 42.0 Å². The fourth-order valence-corrected chi connectivity index (χ4v) is 2.40. The average molecular weight is 233 g/mol. The molecule has 2 aromatic heterocycles. The van der Waals surface area contributed by atoms with Crippen molar-refractivity contribution in [2.75, 3.05) is 0 Å². The first-order chi connectivity index (χ1) is 8.92. The van der Waals surface area contributed by atoms with Gasteiger partial charge in [-0.2, -0.15) is 0 Å². The van der Waals surface area contributed by atoms with Gasteiger partial charge in [-0.25, -0.2) is 0 Å². The molecule has 4 rings (SSSR count). The van der Waals surface area contributed by atoms with Crippen LogP contribution in [0.4, 0.5) is 0 Å². The minimum atomic E-state index is 0.937. The van der Waals surface area contributed by atoms with E-state index < -0.39 is 0 Å². The van der Waals surface area contributed by atoms with Crippen molar-refractivity contribution in [2.45, 2.75) is 0 Å². The summed E-state index contributed by atoms with van der Waals surface area (Å²) in [5.41, 5.74) is 4.18. The van der Waals surface area contributed by atoms with Crippen molar-refractivity contribution in [1.82, 2.24) is 4.98 Å². The lowest BCUT2D eigenvalue weighted by molar-refractivity contribution is 0.669. The highest BCUT2D eigenvalue weighted by atomic mass is 16.3. The summed E-state index contributed by atoms with van der Waals surface area (Å²) in [4.78, 5) is 3.23. The third kappa shape index (κ3) is 1.29. The van der Waals surface area contributed by atoms with Gasteiger partial charge in [0.2, 0.25) is 0 Å². The van der Waals surface area contributed by atoms with E-state index in [1.165, 1.54) is 10.9 Å². The predicted octanol–water partition coefficient (Wildman–Crippen LogP) is 4.58. The zero-order valence-corrected chi connectivity index (χ0v) is 9.68. The number of hydrogen-bond donors (Lipinski definition) is 1. The topological polar surface area (TPSA) is 28.9 Å². The Kier molecular flexibility index (Phi) is 1.86. The molecular weight excluding hydrogens is 222 g/mol. The standard InChI is InChI=1S/C16H11NO/c1-2-6-15-12(4-1)13-10-11(7-8-16(13)18-15)14-5-3-9-17-14/h1-10,17H. The Labute approximate surface area is 104 Å². The molecule has 0 aliphatic rings. The molecule has 0 saturated carbocycles. The summed E-state index contributed by atoms with van der Waals surface area (Å²) in [5.74, 6) is 0. The molecule has 0 bridgehead atoms. The summed E-state index contributed by atoms with van der Waals surface area (Å²) >= 11 is 0. The van der Waals surface area contributed by atoms with Crippen LogP contribution in [0.5, 0.6) is 0 Å². The highest BCUT2D eigenvalue weighted by molar-refractivity contribution is 6.06. The van der Waals surface area contributed by atoms with Crippen molar-refractivity contribution < 1.29 is 4.42 Å². The molecule has 0 unspecified atom stereocenters. The summed E-state index contributed by atoms with van der Waals surface area (Å²) in [7, 11) is 0. The lowest BCUT2D eigenvalue weighted by Gasteiger charge is -1.97. The van der Waals surface area contributed by atoms with Gasteiger partial charge < -0.3 is 9.40 Å². The van der Waals surface area contributed by atoms with Crippen LogP contribution in [0.25, 0.3) is 33.2 Å². The van der Waals surface area contributed by atoms with Crippen molar-refractivity contribution >= 4 is 21.9 Å². The molecule has 1 N–H and O–H groups in total. The van der Waals surface area contributed by atoms with Crippen molar-refractivity contribution in [1.29, 1.82) is 0 Å². The van der Waals surface area contributed by atoms with Gasteiger partial charge in [-0.1, -0.05) is 18.2 Å². The van der Waals surface area contributed by atoms with E-state index in [2.05, 4.69) is 29.2 Å². The minimum absolute atomic E-state index is 0.937. The SMILES string of the molecule is c1c[nH]c(-c2ccc3oc4ccccc4c3c2)c1. The molecule has 2 nitrogen and oxygen atoms in total. The quantitative estimate of drug-likeness (QED) is 0.512. The molecule has 2 heteroatoms. The number of rotatable bonds is 1. The number of benzene rings is 2. The van der Waals surface area contributed by atoms with Crippen LogP contribution in [0, 0.1) is 0 Å². The van der Waals surface area contributed by atoms with Crippen molar-refractivity contribution in [3.8, 4) is 11.3 Å². The molecule has 0 aliphatic carbocycles. The van der Waals surface area contributed by atoms with Gasteiger partial charge in [0.25, 0.3) is 0 Å². The molecule has 2 aromatic carbocycles. The summed E-state index contributed by atoms with van der Waals surface area (Å²) in [6, 6.07) is 18.5. The first-order valence-corrected chi connectivity index (χ1v) is 5.97. The van der Waals surface area contributed by atoms with E-state index in [4.69, 9.17) is 4.42 Å². The number of aromatic nitrogens is 1. The van der Waals surface area contributed by atoms with Crippen LogP contribution in [-0.2, 0) is 0 Å². The second-order valence-corrected chi connectivity index (χ2v) is 4.39. The molecule has 2 heterocycles. The summed E-state index contributed by atoms with van der Waals surface area (Å²) in [6.45, 7) is 0. The Hall–Kier alpha value is -2.48. The van der Waals surface area contributed by atoms with E-state index in [0.29, 0.717) is 0 Å². The van der Waals surface area contributed by atoms with Crippen molar-refractivity contribution in [2.24, 2.45) is 0 Å². The van der Waals surface area contributed by atoms with Gasteiger partial charge >= 0.3 is 0 Å². The minimum Gasteiger partial charge on any atom is -0.456 e. The van der Waals surface area contributed by atoms with E-state index in [0.717, 1.165) is 22.2 Å². The smallest absolute Gasteiger partial charge is 0.135 e. The number of aromatic amines is 1. The number of hydrogen-bond acceptors (Lipinski definition) is 1. The van der Waals surface area contributed by atoms with Gasteiger partial charge in [-0.15, -0.1) is 0 Å². The summed E-state index contributed by atoms with van der Waals surface area (Å²) in [6.07, 6.45) is 1.94. The zero-order chi connectivity index (χ0) is 11.9. The van der Waals surface area contributed by atoms with Crippen LogP contribution in [0.15, 0.2) is 65.2 Å². The molecule has 0 radical (unpaired) electrons. The third-order valence-electron chi connectivity index (χ3n) is 3.29. The second kappa shape index (κ2) is 3.50. The molecule has 0 saturated heterocycles.